The predicted molar refractivity (Wildman–Crippen MR) is 83.9 cm³/mol. The van der Waals surface area contributed by atoms with Crippen molar-refractivity contribution in [3.05, 3.63) is 52.8 Å². The molecule has 2 rings (SSSR count). The SMILES string of the molecule is COc1ccc(CC(C)N)cc1OCc1ccncc1Cl. The van der Waals surface area contributed by atoms with Gasteiger partial charge in [-0.2, -0.15) is 0 Å². The quantitative estimate of drug-likeness (QED) is 0.890. The number of aromatic nitrogens is 1. The maximum Gasteiger partial charge on any atom is 0.161 e. The molecule has 0 saturated heterocycles. The highest BCUT2D eigenvalue weighted by molar-refractivity contribution is 6.31. The second kappa shape index (κ2) is 7.29. The van der Waals surface area contributed by atoms with Gasteiger partial charge in [0.25, 0.3) is 0 Å². The first-order valence-corrected chi connectivity index (χ1v) is 7.11. The van der Waals surface area contributed by atoms with E-state index in [-0.39, 0.29) is 6.04 Å². The molecule has 1 atom stereocenters. The van der Waals surface area contributed by atoms with Gasteiger partial charge in [0, 0.05) is 24.0 Å². The molecular formula is C16H19ClN2O2. The van der Waals surface area contributed by atoms with Crippen molar-refractivity contribution in [3.63, 3.8) is 0 Å². The number of nitrogens with two attached hydrogens (primary N) is 1. The summed E-state index contributed by atoms with van der Waals surface area (Å²) in [6.45, 7) is 2.33. The van der Waals surface area contributed by atoms with E-state index >= 15 is 0 Å². The molecule has 4 nitrogen and oxygen atoms in total. The van der Waals surface area contributed by atoms with Crippen LogP contribution in [0.2, 0.25) is 5.02 Å². The van der Waals surface area contributed by atoms with Crippen LogP contribution in [0.25, 0.3) is 0 Å². The van der Waals surface area contributed by atoms with Gasteiger partial charge < -0.3 is 15.2 Å². The third-order valence-electron chi connectivity index (χ3n) is 3.03. The van der Waals surface area contributed by atoms with E-state index in [1.165, 1.54) is 0 Å². The molecule has 0 amide bonds. The molecule has 0 bridgehead atoms. The standard InChI is InChI=1S/C16H19ClN2O2/c1-11(18)7-12-3-4-15(20-2)16(8-12)21-10-13-5-6-19-9-14(13)17/h3-6,8-9,11H,7,10,18H2,1-2H3. The number of methoxy groups -OCH3 is 1. The molecule has 2 aromatic rings. The highest BCUT2D eigenvalue weighted by Gasteiger charge is 2.09. The first-order valence-electron chi connectivity index (χ1n) is 6.74. The van der Waals surface area contributed by atoms with Crippen LogP contribution in [0.5, 0.6) is 11.5 Å². The Hall–Kier alpha value is -1.78. The summed E-state index contributed by atoms with van der Waals surface area (Å²) >= 11 is 6.07. The van der Waals surface area contributed by atoms with Crippen LogP contribution in [0.1, 0.15) is 18.1 Å². The highest BCUT2D eigenvalue weighted by Crippen LogP contribution is 2.29. The van der Waals surface area contributed by atoms with Gasteiger partial charge in [0.05, 0.1) is 12.1 Å². The number of benzene rings is 1. The zero-order valence-electron chi connectivity index (χ0n) is 12.2. The van der Waals surface area contributed by atoms with E-state index in [1.807, 2.05) is 31.2 Å². The molecule has 2 N–H and O–H groups in total. The Kier molecular flexibility index (Phi) is 5.42. The van der Waals surface area contributed by atoms with Crippen molar-refractivity contribution in [3.8, 4) is 11.5 Å². The van der Waals surface area contributed by atoms with Gasteiger partial charge in [0.1, 0.15) is 6.61 Å². The van der Waals surface area contributed by atoms with E-state index in [0.717, 1.165) is 17.5 Å². The minimum atomic E-state index is 0.0980. The lowest BCUT2D eigenvalue weighted by molar-refractivity contribution is 0.284. The molecule has 1 aromatic carbocycles. The second-order valence-corrected chi connectivity index (χ2v) is 5.33. The molecule has 0 aliphatic carbocycles. The molecule has 1 aromatic heterocycles. The highest BCUT2D eigenvalue weighted by atomic mass is 35.5. The maximum atomic E-state index is 6.07. The number of nitrogens with zero attached hydrogens (tertiary/aromatic N) is 1. The fraction of sp³-hybridized carbons (Fsp3) is 0.312. The molecule has 0 radical (unpaired) electrons. The van der Waals surface area contributed by atoms with Crippen LogP contribution in [-0.2, 0) is 13.0 Å². The lowest BCUT2D eigenvalue weighted by Crippen LogP contribution is -2.17. The summed E-state index contributed by atoms with van der Waals surface area (Å²) < 4.78 is 11.2. The van der Waals surface area contributed by atoms with Crippen molar-refractivity contribution in [2.75, 3.05) is 7.11 Å². The van der Waals surface area contributed by atoms with Crippen LogP contribution in [-0.4, -0.2) is 18.1 Å². The van der Waals surface area contributed by atoms with Gasteiger partial charge in [-0.3, -0.25) is 4.98 Å². The minimum absolute atomic E-state index is 0.0980. The zero-order chi connectivity index (χ0) is 15.2. The van der Waals surface area contributed by atoms with Crippen molar-refractivity contribution in [2.45, 2.75) is 26.0 Å². The minimum Gasteiger partial charge on any atom is -0.493 e. The van der Waals surface area contributed by atoms with Gasteiger partial charge >= 0.3 is 0 Å². The number of halogens is 1. The summed E-state index contributed by atoms with van der Waals surface area (Å²) in [5.74, 6) is 1.37. The van der Waals surface area contributed by atoms with Gasteiger partial charge in [0.2, 0.25) is 0 Å². The summed E-state index contributed by atoms with van der Waals surface area (Å²) in [6, 6.07) is 7.77. The van der Waals surface area contributed by atoms with Crippen molar-refractivity contribution in [1.82, 2.24) is 4.98 Å². The van der Waals surface area contributed by atoms with E-state index < -0.39 is 0 Å². The third-order valence-corrected chi connectivity index (χ3v) is 3.37. The third kappa shape index (κ3) is 4.34. The average molecular weight is 307 g/mol. The molecule has 0 aliphatic rings. The fourth-order valence-electron chi connectivity index (χ4n) is 2.01. The predicted octanol–water partition coefficient (Wildman–Crippen LogP) is 3.21. The fourth-order valence-corrected chi connectivity index (χ4v) is 2.18. The van der Waals surface area contributed by atoms with Crippen LogP contribution in [0.15, 0.2) is 36.7 Å². The number of rotatable bonds is 6. The van der Waals surface area contributed by atoms with Gasteiger partial charge in [0.15, 0.2) is 11.5 Å². The number of hydrogen-bond donors (Lipinski definition) is 1. The molecule has 0 aliphatic heterocycles. The van der Waals surface area contributed by atoms with Gasteiger partial charge in [-0.15, -0.1) is 0 Å². The molecule has 0 spiro atoms. The summed E-state index contributed by atoms with van der Waals surface area (Å²) in [4.78, 5) is 3.95. The molecular weight excluding hydrogens is 288 g/mol. The van der Waals surface area contributed by atoms with Crippen LogP contribution >= 0.6 is 11.6 Å². The topological polar surface area (TPSA) is 57.4 Å². The van der Waals surface area contributed by atoms with E-state index in [1.54, 1.807) is 19.5 Å². The summed E-state index contributed by atoms with van der Waals surface area (Å²) in [7, 11) is 1.62. The van der Waals surface area contributed by atoms with Crippen molar-refractivity contribution in [1.29, 1.82) is 0 Å². The lowest BCUT2D eigenvalue weighted by atomic mass is 10.1. The molecule has 1 unspecified atom stereocenters. The summed E-state index contributed by atoms with van der Waals surface area (Å²) in [5.41, 5.74) is 7.83. The zero-order valence-corrected chi connectivity index (χ0v) is 12.9. The molecule has 21 heavy (non-hydrogen) atoms. The first kappa shape index (κ1) is 15.6. The molecule has 112 valence electrons. The van der Waals surface area contributed by atoms with Crippen LogP contribution in [0, 0.1) is 0 Å². The Labute approximate surface area is 129 Å². The van der Waals surface area contributed by atoms with Crippen LogP contribution in [0.4, 0.5) is 0 Å². The molecule has 0 fully saturated rings. The molecule has 0 saturated carbocycles. The Balaban J connectivity index is 2.15. The number of pyridine rings is 1. The van der Waals surface area contributed by atoms with E-state index in [2.05, 4.69) is 4.98 Å². The smallest absolute Gasteiger partial charge is 0.161 e. The lowest BCUT2D eigenvalue weighted by Gasteiger charge is -2.13. The first-order chi connectivity index (χ1) is 10.1. The molecule has 5 heteroatoms. The molecule has 1 heterocycles. The largest absolute Gasteiger partial charge is 0.493 e. The Morgan fingerprint density at radius 3 is 2.76 bits per heavy atom. The Morgan fingerprint density at radius 1 is 1.29 bits per heavy atom. The van der Waals surface area contributed by atoms with E-state index in [9.17, 15) is 0 Å². The van der Waals surface area contributed by atoms with Crippen molar-refractivity contribution >= 4 is 11.6 Å². The Morgan fingerprint density at radius 2 is 2.10 bits per heavy atom. The number of ether oxygens (including phenoxy) is 2. The second-order valence-electron chi connectivity index (χ2n) is 4.92. The van der Waals surface area contributed by atoms with Crippen molar-refractivity contribution in [2.24, 2.45) is 5.73 Å². The number of hydrogen-bond acceptors (Lipinski definition) is 4. The summed E-state index contributed by atoms with van der Waals surface area (Å²) in [6.07, 6.45) is 4.08. The van der Waals surface area contributed by atoms with Gasteiger partial charge in [-0.1, -0.05) is 17.7 Å². The average Bonchev–Trinajstić information content (AvgIpc) is 2.46. The van der Waals surface area contributed by atoms with E-state index in [0.29, 0.717) is 23.1 Å². The van der Waals surface area contributed by atoms with Gasteiger partial charge in [-0.25, -0.2) is 0 Å². The normalized spacial score (nSPS) is 12.0. The van der Waals surface area contributed by atoms with Gasteiger partial charge in [-0.05, 0) is 37.1 Å². The maximum absolute atomic E-state index is 6.07. The monoisotopic (exact) mass is 306 g/mol. The van der Waals surface area contributed by atoms with Crippen LogP contribution < -0.4 is 15.2 Å². The summed E-state index contributed by atoms with van der Waals surface area (Å²) in [5, 5.41) is 0.586. The van der Waals surface area contributed by atoms with Crippen molar-refractivity contribution < 1.29 is 9.47 Å². The van der Waals surface area contributed by atoms with E-state index in [4.69, 9.17) is 26.8 Å². The Bertz CT molecular complexity index is 603. The van der Waals surface area contributed by atoms with Crippen LogP contribution in [0.3, 0.4) is 0 Å².